The monoisotopic (exact) mass is 456 g/mol. The second-order valence-electron chi connectivity index (χ2n) is 7.69. The first-order chi connectivity index (χ1) is 15.8. The summed E-state index contributed by atoms with van der Waals surface area (Å²) < 4.78 is 28.8. The molecule has 3 aromatic rings. The van der Waals surface area contributed by atoms with Crippen LogP contribution in [0.4, 0.5) is 10.1 Å². The summed E-state index contributed by atoms with van der Waals surface area (Å²) in [4.78, 5) is 25.7. The van der Waals surface area contributed by atoms with Crippen molar-refractivity contribution in [1.82, 2.24) is 14.3 Å². The molecule has 0 aliphatic heterocycles. The van der Waals surface area contributed by atoms with Gasteiger partial charge in [-0.1, -0.05) is 32.4 Å². The molecule has 1 atom stereocenters. The normalized spacial score (nSPS) is 11.8. The summed E-state index contributed by atoms with van der Waals surface area (Å²) in [6, 6.07) is 9.34. The molecular formula is C24H29FN4O4. The van der Waals surface area contributed by atoms with Gasteiger partial charge in [-0.25, -0.2) is 9.18 Å². The molecule has 8 nitrogen and oxygen atoms in total. The van der Waals surface area contributed by atoms with Crippen LogP contribution in [0.25, 0.3) is 5.69 Å². The van der Waals surface area contributed by atoms with Crippen molar-refractivity contribution >= 4 is 11.6 Å². The van der Waals surface area contributed by atoms with Crippen LogP contribution in [0.5, 0.6) is 11.5 Å². The Hall–Kier alpha value is -3.62. The summed E-state index contributed by atoms with van der Waals surface area (Å²) in [6.07, 6.45) is 1.90. The van der Waals surface area contributed by atoms with Crippen LogP contribution in [-0.4, -0.2) is 33.5 Å². The highest BCUT2D eigenvalue weighted by Gasteiger charge is 2.23. The summed E-state index contributed by atoms with van der Waals surface area (Å²) in [5, 5.41) is 6.98. The number of hydrogen-bond donors (Lipinski definition) is 1. The van der Waals surface area contributed by atoms with E-state index in [1.165, 1.54) is 17.7 Å². The van der Waals surface area contributed by atoms with Gasteiger partial charge in [0.25, 0.3) is 5.91 Å². The second kappa shape index (κ2) is 10.3. The highest BCUT2D eigenvalue weighted by molar-refractivity contribution is 6.07. The van der Waals surface area contributed by atoms with Crippen LogP contribution >= 0.6 is 0 Å². The van der Waals surface area contributed by atoms with Crippen molar-refractivity contribution in [3.8, 4) is 17.2 Å². The van der Waals surface area contributed by atoms with Crippen molar-refractivity contribution in [3.05, 3.63) is 64.1 Å². The minimum atomic E-state index is -0.765. The molecule has 0 saturated carbocycles. The Balaban J connectivity index is 2.08. The molecule has 3 rings (SSSR count). The highest BCUT2D eigenvalue weighted by atomic mass is 19.1. The fourth-order valence-electron chi connectivity index (χ4n) is 3.54. The number of rotatable bonds is 9. The zero-order valence-corrected chi connectivity index (χ0v) is 19.5. The van der Waals surface area contributed by atoms with Gasteiger partial charge < -0.3 is 14.8 Å². The van der Waals surface area contributed by atoms with E-state index in [2.05, 4.69) is 10.4 Å². The minimum Gasteiger partial charge on any atom is -0.495 e. The molecule has 0 radical (unpaired) electrons. The van der Waals surface area contributed by atoms with Gasteiger partial charge in [-0.15, -0.1) is 5.10 Å². The minimum absolute atomic E-state index is 0.00445. The Morgan fingerprint density at radius 2 is 1.94 bits per heavy atom. The van der Waals surface area contributed by atoms with Gasteiger partial charge in [0.15, 0.2) is 0 Å². The Labute approximate surface area is 191 Å². The zero-order valence-electron chi connectivity index (χ0n) is 19.5. The molecule has 33 heavy (non-hydrogen) atoms. The Bertz CT molecular complexity index is 1200. The number of aryl methyl sites for hydroxylation is 1. The molecule has 2 aromatic carbocycles. The number of anilines is 1. The third-order valence-electron chi connectivity index (χ3n) is 5.29. The van der Waals surface area contributed by atoms with Crippen molar-refractivity contribution in [2.24, 2.45) is 7.05 Å². The van der Waals surface area contributed by atoms with Gasteiger partial charge in [0.2, 0.25) is 0 Å². The maximum Gasteiger partial charge on any atom is 0.350 e. The van der Waals surface area contributed by atoms with Crippen molar-refractivity contribution in [2.75, 3.05) is 12.4 Å². The molecule has 0 saturated heterocycles. The number of nitrogens with one attached hydrogen (secondary N) is 1. The molecule has 9 heteroatoms. The molecular weight excluding hydrogens is 427 g/mol. The number of methoxy groups -OCH3 is 1. The predicted molar refractivity (Wildman–Crippen MR) is 124 cm³/mol. The molecule has 0 bridgehead atoms. The molecule has 1 heterocycles. The van der Waals surface area contributed by atoms with E-state index < -0.39 is 17.4 Å². The summed E-state index contributed by atoms with van der Waals surface area (Å²) in [5.74, 6) is -0.184. The molecule has 1 aromatic heterocycles. The number of para-hydroxylation sites is 2. The fraction of sp³-hybridized carbons (Fsp3) is 0.375. The number of carbonyl (C=O) groups is 1. The Kier molecular flexibility index (Phi) is 7.52. The fourth-order valence-corrected chi connectivity index (χ4v) is 3.54. The molecule has 0 fully saturated rings. The second-order valence-corrected chi connectivity index (χ2v) is 7.69. The summed E-state index contributed by atoms with van der Waals surface area (Å²) in [7, 11) is 3.08. The topological polar surface area (TPSA) is 87.4 Å². The van der Waals surface area contributed by atoms with Gasteiger partial charge in [-0.2, -0.15) is 4.68 Å². The number of hydrogen-bond acceptors (Lipinski definition) is 5. The summed E-state index contributed by atoms with van der Waals surface area (Å²) >= 11 is 0. The van der Waals surface area contributed by atoms with E-state index in [1.54, 1.807) is 31.3 Å². The smallest absolute Gasteiger partial charge is 0.350 e. The number of nitrogens with zero attached hydrogens (tertiary/aromatic N) is 3. The number of halogens is 1. The molecule has 1 N–H and O–H groups in total. The first-order valence-electron chi connectivity index (χ1n) is 10.9. The van der Waals surface area contributed by atoms with Gasteiger partial charge in [0, 0.05) is 19.5 Å². The average Bonchev–Trinajstić information content (AvgIpc) is 3.08. The maximum absolute atomic E-state index is 15.2. The zero-order chi connectivity index (χ0) is 24.1. The Morgan fingerprint density at radius 1 is 1.21 bits per heavy atom. The lowest BCUT2D eigenvalue weighted by Crippen LogP contribution is -2.24. The molecule has 0 aliphatic rings. The van der Waals surface area contributed by atoms with Crippen LogP contribution in [-0.2, 0) is 13.5 Å². The van der Waals surface area contributed by atoms with Crippen LogP contribution < -0.4 is 20.5 Å². The molecule has 1 amide bonds. The standard InChI is InChI=1S/C24H29FN4O4/c1-6-10-15(3)33-21-14-19(29-24(31)28(4)22(7-2)27-29)17(25)13-16(21)23(30)26-18-11-8-9-12-20(18)32-5/h8-9,11-15H,6-7,10H2,1-5H3,(H,26,30). The number of ether oxygens (including phenoxy) is 2. The van der Waals surface area contributed by atoms with Crippen molar-refractivity contribution < 1.29 is 18.7 Å². The van der Waals surface area contributed by atoms with E-state index in [9.17, 15) is 9.59 Å². The van der Waals surface area contributed by atoms with E-state index in [0.717, 1.165) is 23.6 Å². The largest absolute Gasteiger partial charge is 0.495 e. The van der Waals surface area contributed by atoms with Crippen molar-refractivity contribution in [2.45, 2.75) is 46.1 Å². The average molecular weight is 457 g/mol. The van der Waals surface area contributed by atoms with E-state index in [1.807, 2.05) is 20.8 Å². The third-order valence-corrected chi connectivity index (χ3v) is 5.29. The molecule has 1 unspecified atom stereocenters. The lowest BCUT2D eigenvalue weighted by atomic mass is 10.1. The van der Waals surface area contributed by atoms with E-state index in [4.69, 9.17) is 9.47 Å². The first kappa shape index (κ1) is 24.0. The highest BCUT2D eigenvalue weighted by Crippen LogP contribution is 2.29. The SMILES string of the molecule is CCCC(C)Oc1cc(-n2nc(CC)n(C)c2=O)c(F)cc1C(=O)Nc1ccccc1OC. The summed E-state index contributed by atoms with van der Waals surface area (Å²) in [5.41, 5.74) is -0.118. The molecule has 0 aliphatic carbocycles. The van der Waals surface area contributed by atoms with E-state index >= 15 is 4.39 Å². The predicted octanol–water partition coefficient (Wildman–Crippen LogP) is 4.10. The molecule has 0 spiro atoms. The van der Waals surface area contributed by atoms with Crippen molar-refractivity contribution in [3.63, 3.8) is 0 Å². The number of aromatic nitrogens is 3. The summed E-state index contributed by atoms with van der Waals surface area (Å²) in [6.45, 7) is 5.75. The van der Waals surface area contributed by atoms with Crippen LogP contribution in [0, 0.1) is 5.82 Å². The van der Waals surface area contributed by atoms with Crippen molar-refractivity contribution in [1.29, 1.82) is 0 Å². The van der Waals surface area contributed by atoms with Gasteiger partial charge in [0.05, 0.1) is 24.5 Å². The van der Waals surface area contributed by atoms with Crippen LogP contribution in [0.15, 0.2) is 41.2 Å². The Morgan fingerprint density at radius 3 is 2.58 bits per heavy atom. The van der Waals surface area contributed by atoms with Gasteiger partial charge in [-0.3, -0.25) is 9.36 Å². The van der Waals surface area contributed by atoms with Crippen LogP contribution in [0.3, 0.4) is 0 Å². The molecule has 176 valence electrons. The third kappa shape index (κ3) is 5.08. The number of amides is 1. The van der Waals surface area contributed by atoms with E-state index in [-0.39, 0.29) is 23.1 Å². The number of benzene rings is 2. The number of carbonyl (C=O) groups excluding carboxylic acids is 1. The van der Waals surface area contributed by atoms with Gasteiger partial charge in [-0.05, 0) is 31.5 Å². The lowest BCUT2D eigenvalue weighted by molar-refractivity contribution is 0.101. The quantitative estimate of drug-likeness (QED) is 0.524. The van der Waals surface area contributed by atoms with E-state index in [0.29, 0.717) is 23.7 Å². The first-order valence-corrected chi connectivity index (χ1v) is 10.9. The lowest BCUT2D eigenvalue weighted by Gasteiger charge is -2.18. The van der Waals surface area contributed by atoms with Crippen LogP contribution in [0.1, 0.15) is 49.8 Å². The van der Waals surface area contributed by atoms with Gasteiger partial charge >= 0.3 is 5.69 Å². The maximum atomic E-state index is 15.2. The van der Waals surface area contributed by atoms with Gasteiger partial charge in [0.1, 0.15) is 28.8 Å². The van der Waals surface area contributed by atoms with Crippen LogP contribution in [0.2, 0.25) is 0 Å².